The Morgan fingerprint density at radius 1 is 1.27 bits per heavy atom. The maximum absolute atomic E-state index is 12.6. The Hall–Kier alpha value is -2.93. The van der Waals surface area contributed by atoms with E-state index in [1.807, 2.05) is 60.3 Å². The Bertz CT molecular complexity index is 1040. The van der Waals surface area contributed by atoms with Crippen molar-refractivity contribution in [1.29, 1.82) is 0 Å². The fraction of sp³-hybridized carbons (Fsp3) is 0.211. The summed E-state index contributed by atoms with van der Waals surface area (Å²) < 4.78 is 7.29. The van der Waals surface area contributed by atoms with Crippen molar-refractivity contribution < 1.29 is 9.32 Å². The number of amides is 1. The summed E-state index contributed by atoms with van der Waals surface area (Å²) in [6.07, 6.45) is 3.98. The minimum absolute atomic E-state index is 0.0918. The molecule has 132 valence electrons. The molecule has 0 unspecified atom stereocenters. The molecule has 6 nitrogen and oxygen atoms in total. The Kier molecular flexibility index (Phi) is 4.08. The predicted octanol–water partition coefficient (Wildman–Crippen LogP) is 4.73. The molecule has 0 bridgehead atoms. The smallest absolute Gasteiger partial charge is 0.261 e. The number of nitrogens with zero attached hydrogens (tertiary/aromatic N) is 3. The third-order valence-corrected chi connectivity index (χ3v) is 4.94. The SMILES string of the molecule is Cc1noc(C(C)C)c1C(=O)Nc1ccc(-c2cn3ccsc3n2)cc1. The predicted molar refractivity (Wildman–Crippen MR) is 102 cm³/mol. The van der Waals surface area contributed by atoms with Crippen molar-refractivity contribution in [3.8, 4) is 11.3 Å². The fourth-order valence-corrected chi connectivity index (χ4v) is 3.54. The number of carbonyl (C=O) groups is 1. The first-order chi connectivity index (χ1) is 12.5. The molecular weight excluding hydrogens is 348 g/mol. The van der Waals surface area contributed by atoms with Crippen molar-refractivity contribution in [1.82, 2.24) is 14.5 Å². The lowest BCUT2D eigenvalue weighted by molar-refractivity contribution is 0.102. The topological polar surface area (TPSA) is 72.4 Å². The molecule has 0 spiro atoms. The highest BCUT2D eigenvalue weighted by Gasteiger charge is 2.22. The highest BCUT2D eigenvalue weighted by Crippen LogP contribution is 2.25. The summed E-state index contributed by atoms with van der Waals surface area (Å²) in [6.45, 7) is 5.72. The summed E-state index contributed by atoms with van der Waals surface area (Å²) in [7, 11) is 0. The molecule has 0 radical (unpaired) electrons. The molecule has 1 amide bonds. The van der Waals surface area contributed by atoms with Gasteiger partial charge >= 0.3 is 0 Å². The first-order valence-corrected chi connectivity index (χ1v) is 9.21. The van der Waals surface area contributed by atoms with E-state index in [4.69, 9.17) is 4.52 Å². The highest BCUT2D eigenvalue weighted by atomic mass is 32.1. The molecule has 1 N–H and O–H groups in total. The Balaban J connectivity index is 1.55. The average molecular weight is 366 g/mol. The van der Waals surface area contributed by atoms with Gasteiger partial charge < -0.3 is 9.84 Å². The molecule has 0 aliphatic rings. The van der Waals surface area contributed by atoms with E-state index in [0.29, 0.717) is 17.0 Å². The fourth-order valence-electron chi connectivity index (χ4n) is 2.84. The van der Waals surface area contributed by atoms with Gasteiger partial charge in [-0.05, 0) is 19.1 Å². The van der Waals surface area contributed by atoms with Crippen LogP contribution in [0.15, 0.2) is 46.6 Å². The van der Waals surface area contributed by atoms with E-state index < -0.39 is 0 Å². The summed E-state index contributed by atoms with van der Waals surface area (Å²) in [5.41, 5.74) is 3.74. The molecule has 1 aromatic carbocycles. The summed E-state index contributed by atoms with van der Waals surface area (Å²) >= 11 is 1.60. The van der Waals surface area contributed by atoms with E-state index >= 15 is 0 Å². The summed E-state index contributed by atoms with van der Waals surface area (Å²) in [5, 5.41) is 8.85. The molecule has 3 aromatic heterocycles. The number of anilines is 1. The van der Waals surface area contributed by atoms with Crippen LogP contribution < -0.4 is 5.32 Å². The van der Waals surface area contributed by atoms with Crippen molar-refractivity contribution >= 4 is 27.9 Å². The maximum atomic E-state index is 12.6. The minimum Gasteiger partial charge on any atom is -0.360 e. The lowest BCUT2D eigenvalue weighted by atomic mass is 10.0. The molecule has 0 fully saturated rings. The van der Waals surface area contributed by atoms with Crippen molar-refractivity contribution in [3.05, 3.63) is 59.1 Å². The summed E-state index contributed by atoms with van der Waals surface area (Å²) in [5.74, 6) is 0.492. The second-order valence-electron chi connectivity index (χ2n) is 6.41. The van der Waals surface area contributed by atoms with Crippen LogP contribution in [0.3, 0.4) is 0 Å². The largest absolute Gasteiger partial charge is 0.360 e. The van der Waals surface area contributed by atoms with Crippen LogP contribution in [0.5, 0.6) is 0 Å². The van der Waals surface area contributed by atoms with Gasteiger partial charge in [-0.3, -0.25) is 9.20 Å². The number of rotatable bonds is 4. The van der Waals surface area contributed by atoms with E-state index in [2.05, 4.69) is 15.5 Å². The van der Waals surface area contributed by atoms with Gasteiger partial charge in [0.05, 0.1) is 11.4 Å². The molecule has 4 rings (SSSR count). The van der Waals surface area contributed by atoms with Crippen LogP contribution >= 0.6 is 11.3 Å². The zero-order chi connectivity index (χ0) is 18.3. The third kappa shape index (κ3) is 2.90. The number of thiazole rings is 1. The van der Waals surface area contributed by atoms with Crippen molar-refractivity contribution in [2.75, 3.05) is 5.32 Å². The zero-order valence-electron chi connectivity index (χ0n) is 14.7. The summed E-state index contributed by atoms with van der Waals surface area (Å²) in [6, 6.07) is 7.65. The Morgan fingerprint density at radius 2 is 2.04 bits per heavy atom. The molecule has 7 heteroatoms. The molecule has 26 heavy (non-hydrogen) atoms. The van der Waals surface area contributed by atoms with E-state index in [1.54, 1.807) is 18.3 Å². The van der Waals surface area contributed by atoms with E-state index in [9.17, 15) is 4.79 Å². The molecule has 0 saturated heterocycles. The van der Waals surface area contributed by atoms with Gasteiger partial charge in [-0.25, -0.2) is 4.98 Å². The Morgan fingerprint density at radius 3 is 2.73 bits per heavy atom. The van der Waals surface area contributed by atoms with Gasteiger partial charge in [0.15, 0.2) is 10.7 Å². The first kappa shape index (κ1) is 16.5. The van der Waals surface area contributed by atoms with E-state index in [0.717, 1.165) is 21.9 Å². The van der Waals surface area contributed by atoms with Crippen LogP contribution in [0.25, 0.3) is 16.2 Å². The van der Waals surface area contributed by atoms with Crippen LogP contribution in [0.1, 0.15) is 41.6 Å². The maximum Gasteiger partial charge on any atom is 0.261 e. The number of hydrogen-bond donors (Lipinski definition) is 1. The second kappa shape index (κ2) is 6.42. The minimum atomic E-state index is -0.206. The van der Waals surface area contributed by atoms with Crippen molar-refractivity contribution in [3.63, 3.8) is 0 Å². The number of imidazole rings is 1. The number of aryl methyl sites for hydroxylation is 1. The van der Waals surface area contributed by atoms with Gasteiger partial charge in [0, 0.05) is 34.9 Å². The molecule has 0 aliphatic carbocycles. The molecule has 3 heterocycles. The van der Waals surface area contributed by atoms with Crippen LogP contribution in [0.4, 0.5) is 5.69 Å². The Labute approximate surface area is 154 Å². The number of hydrogen-bond acceptors (Lipinski definition) is 5. The normalized spacial score (nSPS) is 11.4. The lowest BCUT2D eigenvalue weighted by Gasteiger charge is -2.07. The number of fused-ring (bicyclic) bond motifs is 1. The molecule has 4 aromatic rings. The quantitative estimate of drug-likeness (QED) is 0.566. The van der Waals surface area contributed by atoms with Crippen LogP contribution in [0, 0.1) is 6.92 Å². The van der Waals surface area contributed by atoms with Gasteiger partial charge in [-0.2, -0.15) is 0 Å². The van der Waals surface area contributed by atoms with Crippen LogP contribution in [-0.2, 0) is 0 Å². The molecule has 0 aliphatic heterocycles. The van der Waals surface area contributed by atoms with Crippen LogP contribution in [0.2, 0.25) is 0 Å². The second-order valence-corrected chi connectivity index (χ2v) is 7.29. The first-order valence-electron chi connectivity index (χ1n) is 8.33. The van der Waals surface area contributed by atoms with E-state index in [1.165, 1.54) is 0 Å². The number of benzene rings is 1. The molecular formula is C19H18N4O2S. The number of aromatic nitrogens is 3. The van der Waals surface area contributed by atoms with Gasteiger partial charge in [-0.1, -0.05) is 31.1 Å². The van der Waals surface area contributed by atoms with E-state index in [-0.39, 0.29) is 11.8 Å². The third-order valence-electron chi connectivity index (χ3n) is 4.17. The van der Waals surface area contributed by atoms with Gasteiger partial charge in [-0.15, -0.1) is 11.3 Å². The van der Waals surface area contributed by atoms with Gasteiger partial charge in [0.25, 0.3) is 5.91 Å². The number of carbonyl (C=O) groups excluding carboxylic acids is 1. The van der Waals surface area contributed by atoms with Gasteiger partial charge in [0.1, 0.15) is 5.56 Å². The highest BCUT2D eigenvalue weighted by molar-refractivity contribution is 7.15. The number of nitrogens with one attached hydrogen (secondary N) is 1. The standard InChI is InChI=1S/C19H18N4O2S/c1-11(2)17-16(12(3)22-25-17)18(24)20-14-6-4-13(5-7-14)15-10-23-8-9-26-19(23)21-15/h4-11H,1-3H3,(H,20,24). The van der Waals surface area contributed by atoms with Crippen LogP contribution in [-0.4, -0.2) is 20.4 Å². The van der Waals surface area contributed by atoms with Crippen molar-refractivity contribution in [2.45, 2.75) is 26.7 Å². The summed E-state index contributed by atoms with van der Waals surface area (Å²) in [4.78, 5) is 18.2. The molecule has 0 saturated carbocycles. The molecule has 0 atom stereocenters. The monoisotopic (exact) mass is 366 g/mol. The lowest BCUT2D eigenvalue weighted by Crippen LogP contribution is -2.14. The average Bonchev–Trinajstić information content (AvgIpc) is 3.29. The van der Waals surface area contributed by atoms with Crippen molar-refractivity contribution in [2.24, 2.45) is 0 Å². The van der Waals surface area contributed by atoms with Gasteiger partial charge in [0.2, 0.25) is 0 Å². The zero-order valence-corrected chi connectivity index (χ0v) is 15.5.